The summed E-state index contributed by atoms with van der Waals surface area (Å²) < 4.78 is 11.0. The number of hydrogen-bond donors (Lipinski definition) is 0. The van der Waals surface area contributed by atoms with E-state index in [9.17, 15) is 9.59 Å². The van der Waals surface area contributed by atoms with Crippen LogP contribution in [0.15, 0.2) is 24.3 Å². The maximum Gasteiger partial charge on any atom is 0.339 e. The summed E-state index contributed by atoms with van der Waals surface area (Å²) in [5, 5.41) is 0. The lowest BCUT2D eigenvalue weighted by atomic mass is 10.1. The van der Waals surface area contributed by atoms with Crippen LogP contribution < -0.4 is 0 Å². The number of carbonyl (C=O) groups is 2. The van der Waals surface area contributed by atoms with Crippen molar-refractivity contribution in [3.05, 3.63) is 35.4 Å². The average molecular weight is 533 g/mol. The number of esters is 2. The fourth-order valence-corrected chi connectivity index (χ4v) is 4.54. The van der Waals surface area contributed by atoms with Crippen molar-refractivity contribution in [1.29, 1.82) is 0 Å². The third-order valence-electron chi connectivity index (χ3n) is 6.99. The molecule has 0 saturated heterocycles. The van der Waals surface area contributed by atoms with Crippen molar-refractivity contribution >= 4 is 11.9 Å². The van der Waals surface area contributed by atoms with Crippen LogP contribution in [0.25, 0.3) is 0 Å². The van der Waals surface area contributed by atoms with Gasteiger partial charge in [-0.25, -0.2) is 9.59 Å². The van der Waals surface area contributed by atoms with Crippen molar-refractivity contribution < 1.29 is 19.1 Å². The van der Waals surface area contributed by atoms with Crippen LogP contribution in [-0.2, 0) is 9.47 Å². The molecule has 0 aromatic heterocycles. The van der Waals surface area contributed by atoms with Gasteiger partial charge in [0.05, 0.1) is 24.3 Å². The molecule has 1 aromatic carbocycles. The van der Waals surface area contributed by atoms with E-state index in [0.29, 0.717) is 13.2 Å². The van der Waals surface area contributed by atoms with Crippen molar-refractivity contribution in [2.45, 2.75) is 104 Å². The van der Waals surface area contributed by atoms with Gasteiger partial charge in [0.25, 0.3) is 0 Å². The number of unbranched alkanes of at least 4 members (excludes halogenated alkanes) is 10. The highest BCUT2D eigenvalue weighted by Gasteiger charge is 2.19. The van der Waals surface area contributed by atoms with Crippen LogP contribution in [0.1, 0.15) is 124 Å². The van der Waals surface area contributed by atoms with Crippen LogP contribution in [0, 0.1) is 0 Å². The molecule has 0 heterocycles. The minimum absolute atomic E-state index is 0.276. The predicted octanol–water partition coefficient (Wildman–Crippen LogP) is 7.37. The maximum absolute atomic E-state index is 12.7. The Kier molecular flexibility index (Phi) is 20.7. The van der Waals surface area contributed by atoms with Crippen molar-refractivity contribution in [1.82, 2.24) is 9.80 Å². The minimum Gasteiger partial charge on any atom is -0.462 e. The van der Waals surface area contributed by atoms with Crippen molar-refractivity contribution in [2.24, 2.45) is 0 Å². The summed E-state index contributed by atoms with van der Waals surface area (Å²) in [5.74, 6) is -0.926. The highest BCUT2D eigenvalue weighted by atomic mass is 16.5. The van der Waals surface area contributed by atoms with E-state index in [-0.39, 0.29) is 11.1 Å². The Balaban J connectivity index is 2.26. The molecule has 0 N–H and O–H groups in total. The minimum atomic E-state index is -0.463. The molecule has 1 rings (SSSR count). The number of nitrogens with zero attached hydrogens (tertiary/aromatic N) is 2. The van der Waals surface area contributed by atoms with Crippen molar-refractivity contribution in [2.75, 3.05) is 53.5 Å². The van der Waals surface area contributed by atoms with Crippen LogP contribution in [0.3, 0.4) is 0 Å². The number of hydrogen-bond acceptors (Lipinski definition) is 6. The van der Waals surface area contributed by atoms with E-state index in [4.69, 9.17) is 9.47 Å². The molecule has 0 aliphatic rings. The van der Waals surface area contributed by atoms with E-state index in [0.717, 1.165) is 39.0 Å². The Morgan fingerprint density at radius 3 is 1.29 bits per heavy atom. The smallest absolute Gasteiger partial charge is 0.339 e. The van der Waals surface area contributed by atoms with Crippen LogP contribution in [0.2, 0.25) is 0 Å². The first-order chi connectivity index (χ1) is 18.5. The highest BCUT2D eigenvalue weighted by Crippen LogP contribution is 2.13. The van der Waals surface area contributed by atoms with E-state index in [2.05, 4.69) is 37.7 Å². The van der Waals surface area contributed by atoms with Gasteiger partial charge >= 0.3 is 11.9 Å². The third kappa shape index (κ3) is 16.8. The molecule has 0 atom stereocenters. The Morgan fingerprint density at radius 1 is 0.553 bits per heavy atom. The summed E-state index contributed by atoms with van der Waals surface area (Å²) >= 11 is 0. The monoisotopic (exact) mass is 532 g/mol. The summed E-state index contributed by atoms with van der Waals surface area (Å²) in [5.41, 5.74) is 0.552. The number of rotatable bonds is 24. The number of ether oxygens (including phenoxy) is 2. The molecule has 0 unspecified atom stereocenters. The van der Waals surface area contributed by atoms with E-state index in [1.165, 1.54) is 77.0 Å². The fourth-order valence-electron chi connectivity index (χ4n) is 4.54. The summed E-state index contributed by atoms with van der Waals surface area (Å²) in [4.78, 5) is 29.9. The summed E-state index contributed by atoms with van der Waals surface area (Å²) in [6.45, 7) is 9.08. The molecule has 0 amide bonds. The van der Waals surface area contributed by atoms with E-state index >= 15 is 0 Å². The fraction of sp³-hybridized carbons (Fsp3) is 0.750. The largest absolute Gasteiger partial charge is 0.462 e. The Bertz CT molecular complexity index is 679. The molecule has 1 aromatic rings. The van der Waals surface area contributed by atoms with Gasteiger partial charge in [0.15, 0.2) is 0 Å². The highest BCUT2D eigenvalue weighted by molar-refractivity contribution is 6.03. The normalized spacial score (nSPS) is 11.3. The SMILES string of the molecule is CCCCCCCCN(C)CCCOC(=O)c1ccccc1C(=O)OCCCN(C)CCCCCCCC. The molecule has 0 spiro atoms. The van der Waals surface area contributed by atoms with Gasteiger partial charge < -0.3 is 19.3 Å². The second-order valence-electron chi connectivity index (χ2n) is 10.7. The zero-order chi connectivity index (χ0) is 27.8. The number of carbonyl (C=O) groups excluding carboxylic acids is 2. The van der Waals surface area contributed by atoms with Crippen molar-refractivity contribution in [3.8, 4) is 0 Å². The van der Waals surface area contributed by atoms with Gasteiger partial charge in [-0.05, 0) is 65.0 Å². The van der Waals surface area contributed by atoms with Crippen LogP contribution in [0.4, 0.5) is 0 Å². The molecule has 0 radical (unpaired) electrons. The van der Waals surface area contributed by atoms with Gasteiger partial charge in [-0.2, -0.15) is 0 Å². The second-order valence-corrected chi connectivity index (χ2v) is 10.7. The Hall–Kier alpha value is -1.92. The molecule has 6 nitrogen and oxygen atoms in total. The van der Waals surface area contributed by atoms with Crippen molar-refractivity contribution in [3.63, 3.8) is 0 Å². The molecule has 0 aliphatic carbocycles. The predicted molar refractivity (Wildman–Crippen MR) is 158 cm³/mol. The van der Waals surface area contributed by atoms with Crippen LogP contribution >= 0.6 is 0 Å². The lowest BCUT2D eigenvalue weighted by Crippen LogP contribution is -2.23. The average Bonchev–Trinajstić information content (AvgIpc) is 2.92. The lowest BCUT2D eigenvalue weighted by molar-refractivity contribution is 0.0444. The first-order valence-corrected chi connectivity index (χ1v) is 15.3. The molecule has 6 heteroatoms. The maximum atomic E-state index is 12.7. The first kappa shape index (κ1) is 34.1. The molecular formula is C32H56N2O4. The van der Waals surface area contributed by atoms with Gasteiger partial charge in [0.2, 0.25) is 0 Å². The Labute approximate surface area is 233 Å². The summed E-state index contributed by atoms with van der Waals surface area (Å²) in [6.07, 6.45) is 17.1. The number of benzene rings is 1. The lowest BCUT2D eigenvalue weighted by Gasteiger charge is -2.17. The van der Waals surface area contributed by atoms with E-state index < -0.39 is 11.9 Å². The Morgan fingerprint density at radius 2 is 0.895 bits per heavy atom. The van der Waals surface area contributed by atoms with E-state index in [1.54, 1.807) is 24.3 Å². The summed E-state index contributed by atoms with van der Waals surface area (Å²) in [7, 11) is 4.23. The quantitative estimate of drug-likeness (QED) is 0.102. The van der Waals surface area contributed by atoms with Gasteiger partial charge in [-0.3, -0.25) is 0 Å². The van der Waals surface area contributed by atoms with E-state index in [1.807, 2.05) is 0 Å². The molecule has 0 fully saturated rings. The molecule has 0 saturated carbocycles. The van der Waals surface area contributed by atoms with Gasteiger partial charge in [0, 0.05) is 13.1 Å². The zero-order valence-corrected chi connectivity index (χ0v) is 25.0. The topological polar surface area (TPSA) is 59.1 Å². The van der Waals surface area contributed by atoms with Gasteiger partial charge in [0.1, 0.15) is 0 Å². The molecular weight excluding hydrogens is 476 g/mol. The standard InChI is InChI=1S/C32H56N2O4/c1-5-7-9-11-13-17-23-33(3)25-19-27-37-31(35)29-21-15-16-22-30(29)32(36)38-28-20-26-34(4)24-18-14-12-10-8-6-2/h15-16,21-22H,5-14,17-20,23-28H2,1-4H3. The second kappa shape index (κ2) is 23.0. The van der Waals surface area contributed by atoms with Crippen LogP contribution in [0.5, 0.6) is 0 Å². The molecule has 218 valence electrons. The molecule has 0 bridgehead atoms. The molecule has 38 heavy (non-hydrogen) atoms. The zero-order valence-electron chi connectivity index (χ0n) is 25.0. The third-order valence-corrected chi connectivity index (χ3v) is 6.99. The molecule has 0 aliphatic heterocycles. The summed E-state index contributed by atoms with van der Waals surface area (Å²) in [6, 6.07) is 6.77. The first-order valence-electron chi connectivity index (χ1n) is 15.3. The van der Waals surface area contributed by atoms with Gasteiger partial charge in [-0.1, -0.05) is 90.2 Å². The van der Waals surface area contributed by atoms with Gasteiger partial charge in [-0.15, -0.1) is 0 Å². The van der Waals surface area contributed by atoms with Crippen LogP contribution in [-0.4, -0.2) is 75.2 Å².